The van der Waals surface area contributed by atoms with Crippen molar-refractivity contribution < 1.29 is 4.79 Å². The number of rotatable bonds is 1. The third kappa shape index (κ3) is 1.93. The van der Waals surface area contributed by atoms with Gasteiger partial charge >= 0.3 is 0 Å². The van der Waals surface area contributed by atoms with Crippen LogP contribution in [0.15, 0.2) is 27.5 Å². The highest BCUT2D eigenvalue weighted by atomic mass is 79.9. The maximum atomic E-state index is 12.3. The first-order chi connectivity index (χ1) is 8.66. The number of Topliss-reactive ketones (excluding diaryl/α,β-unsaturated/α-hetero) is 1. The van der Waals surface area contributed by atoms with Crippen LogP contribution in [0.1, 0.15) is 39.5 Å². The van der Waals surface area contributed by atoms with E-state index in [0.29, 0.717) is 6.42 Å². The van der Waals surface area contributed by atoms with Crippen molar-refractivity contribution in [3.63, 3.8) is 0 Å². The summed E-state index contributed by atoms with van der Waals surface area (Å²) in [6.07, 6.45) is 3.25. The third-order valence-electron chi connectivity index (χ3n) is 3.47. The lowest BCUT2D eigenvalue weighted by Gasteiger charge is -2.23. The number of aromatic nitrogens is 1. The molecular weight excluding hydrogens is 310 g/mol. The van der Waals surface area contributed by atoms with Crippen LogP contribution in [0.5, 0.6) is 0 Å². The predicted octanol–water partition coefficient (Wildman–Crippen LogP) is 4.13. The summed E-state index contributed by atoms with van der Waals surface area (Å²) in [6.45, 7) is 1.99. The SMILES string of the molecule is Cc1ccnc2c1C(=O)CC(c1ccsc1Br)C2. The fraction of sp³-hybridized carbons (Fsp3) is 0.286. The highest BCUT2D eigenvalue weighted by molar-refractivity contribution is 9.11. The van der Waals surface area contributed by atoms with Crippen LogP contribution in [-0.4, -0.2) is 10.8 Å². The number of pyridine rings is 1. The Bertz CT molecular complexity index is 620. The molecule has 0 aliphatic heterocycles. The van der Waals surface area contributed by atoms with Gasteiger partial charge in [0.1, 0.15) is 0 Å². The first kappa shape index (κ1) is 12.1. The van der Waals surface area contributed by atoms with Crippen molar-refractivity contribution >= 4 is 33.0 Å². The normalized spacial score (nSPS) is 18.8. The zero-order chi connectivity index (χ0) is 12.7. The predicted molar refractivity (Wildman–Crippen MR) is 76.4 cm³/mol. The summed E-state index contributed by atoms with van der Waals surface area (Å²) < 4.78 is 1.14. The summed E-state index contributed by atoms with van der Waals surface area (Å²) in [5.74, 6) is 0.491. The molecule has 3 rings (SSSR count). The number of fused-ring (bicyclic) bond motifs is 1. The zero-order valence-corrected chi connectivity index (χ0v) is 12.3. The van der Waals surface area contributed by atoms with Gasteiger partial charge in [0.25, 0.3) is 0 Å². The van der Waals surface area contributed by atoms with E-state index in [2.05, 4.69) is 32.4 Å². The lowest BCUT2D eigenvalue weighted by atomic mass is 9.81. The molecule has 0 spiro atoms. The molecule has 2 nitrogen and oxygen atoms in total. The number of carbonyl (C=O) groups excluding carboxylic acids is 1. The van der Waals surface area contributed by atoms with E-state index < -0.39 is 0 Å². The summed E-state index contributed by atoms with van der Waals surface area (Å²) in [7, 11) is 0. The summed E-state index contributed by atoms with van der Waals surface area (Å²) in [4.78, 5) is 16.7. The van der Waals surface area contributed by atoms with Crippen LogP contribution in [0.2, 0.25) is 0 Å². The largest absolute Gasteiger partial charge is 0.294 e. The zero-order valence-electron chi connectivity index (χ0n) is 9.94. The number of hydrogen-bond acceptors (Lipinski definition) is 3. The van der Waals surface area contributed by atoms with Crippen molar-refractivity contribution in [2.24, 2.45) is 0 Å². The number of aryl methyl sites for hydroxylation is 1. The quantitative estimate of drug-likeness (QED) is 0.790. The van der Waals surface area contributed by atoms with E-state index in [9.17, 15) is 4.79 Å². The van der Waals surface area contributed by atoms with Gasteiger partial charge in [-0.1, -0.05) is 0 Å². The lowest BCUT2D eigenvalue weighted by Crippen LogP contribution is -2.21. The highest BCUT2D eigenvalue weighted by Gasteiger charge is 2.29. The molecule has 1 aliphatic rings. The molecule has 0 radical (unpaired) electrons. The number of carbonyl (C=O) groups is 1. The Balaban J connectivity index is 2.02. The summed E-state index contributed by atoms with van der Waals surface area (Å²) >= 11 is 5.23. The van der Waals surface area contributed by atoms with Gasteiger partial charge in [0.05, 0.1) is 9.48 Å². The number of ketones is 1. The van der Waals surface area contributed by atoms with Gasteiger partial charge < -0.3 is 0 Å². The van der Waals surface area contributed by atoms with Crippen molar-refractivity contribution in [1.82, 2.24) is 4.98 Å². The average molecular weight is 322 g/mol. The smallest absolute Gasteiger partial charge is 0.165 e. The van der Waals surface area contributed by atoms with E-state index in [1.165, 1.54) is 5.56 Å². The first-order valence-electron chi connectivity index (χ1n) is 5.87. The van der Waals surface area contributed by atoms with Crippen LogP contribution in [0.25, 0.3) is 0 Å². The monoisotopic (exact) mass is 321 g/mol. The van der Waals surface area contributed by atoms with Crippen LogP contribution in [-0.2, 0) is 6.42 Å². The molecule has 18 heavy (non-hydrogen) atoms. The summed E-state index contributed by atoms with van der Waals surface area (Å²) in [5, 5.41) is 2.06. The minimum absolute atomic E-state index is 0.227. The molecule has 0 N–H and O–H groups in total. The topological polar surface area (TPSA) is 30.0 Å². The first-order valence-corrected chi connectivity index (χ1v) is 7.54. The maximum Gasteiger partial charge on any atom is 0.165 e. The highest BCUT2D eigenvalue weighted by Crippen LogP contribution is 2.38. The van der Waals surface area contributed by atoms with Gasteiger partial charge in [-0.05, 0) is 63.8 Å². The molecule has 2 heterocycles. The van der Waals surface area contributed by atoms with E-state index in [1.54, 1.807) is 17.5 Å². The van der Waals surface area contributed by atoms with Gasteiger partial charge in [-0.3, -0.25) is 9.78 Å². The molecule has 0 saturated carbocycles. The standard InChI is InChI=1S/C14H12BrNOS/c1-8-2-4-16-11-6-9(7-12(17)13(8)11)10-3-5-18-14(10)15/h2-5,9H,6-7H2,1H3. The minimum atomic E-state index is 0.227. The minimum Gasteiger partial charge on any atom is -0.294 e. The molecule has 0 bridgehead atoms. The molecule has 0 saturated heterocycles. The van der Waals surface area contributed by atoms with Gasteiger partial charge in [0.15, 0.2) is 5.78 Å². The van der Waals surface area contributed by atoms with Crippen molar-refractivity contribution in [2.75, 3.05) is 0 Å². The van der Waals surface area contributed by atoms with Gasteiger partial charge in [0.2, 0.25) is 0 Å². The number of nitrogens with zero attached hydrogens (tertiary/aromatic N) is 1. The Hall–Kier alpha value is -1.00. The van der Waals surface area contributed by atoms with E-state index in [-0.39, 0.29) is 11.7 Å². The van der Waals surface area contributed by atoms with E-state index >= 15 is 0 Å². The van der Waals surface area contributed by atoms with Crippen LogP contribution in [0.4, 0.5) is 0 Å². The van der Waals surface area contributed by atoms with Gasteiger partial charge in [-0.2, -0.15) is 0 Å². The van der Waals surface area contributed by atoms with Gasteiger partial charge in [0, 0.05) is 18.2 Å². The maximum absolute atomic E-state index is 12.3. The molecule has 0 aromatic carbocycles. The molecule has 4 heteroatoms. The second kappa shape index (κ2) is 4.59. The van der Waals surface area contributed by atoms with Crippen LogP contribution in [0, 0.1) is 6.92 Å². The Morgan fingerprint density at radius 3 is 2.94 bits per heavy atom. The molecule has 1 unspecified atom stereocenters. The Kier molecular flexibility index (Phi) is 3.08. The van der Waals surface area contributed by atoms with Crippen LogP contribution in [0.3, 0.4) is 0 Å². The van der Waals surface area contributed by atoms with Crippen molar-refractivity contribution in [2.45, 2.75) is 25.7 Å². The fourth-order valence-electron chi connectivity index (χ4n) is 2.60. The van der Waals surface area contributed by atoms with E-state index in [4.69, 9.17) is 0 Å². The molecule has 2 aromatic heterocycles. The molecule has 0 amide bonds. The number of hydrogen-bond donors (Lipinski definition) is 0. The van der Waals surface area contributed by atoms with Crippen molar-refractivity contribution in [3.8, 4) is 0 Å². The summed E-state index contributed by atoms with van der Waals surface area (Å²) in [5.41, 5.74) is 4.09. The number of thiophene rings is 1. The second-order valence-electron chi connectivity index (χ2n) is 4.63. The Morgan fingerprint density at radius 1 is 1.39 bits per heavy atom. The van der Waals surface area contributed by atoms with Crippen LogP contribution >= 0.6 is 27.3 Å². The second-order valence-corrected chi connectivity index (χ2v) is 6.86. The Labute approximate surface area is 118 Å². The molecule has 0 fully saturated rings. The third-order valence-corrected chi connectivity index (χ3v) is 5.21. The summed E-state index contributed by atoms with van der Waals surface area (Å²) in [6, 6.07) is 4.02. The average Bonchev–Trinajstić information content (AvgIpc) is 2.75. The van der Waals surface area contributed by atoms with Gasteiger partial charge in [-0.15, -0.1) is 11.3 Å². The van der Waals surface area contributed by atoms with Crippen LogP contribution < -0.4 is 0 Å². The fourth-order valence-corrected chi connectivity index (χ4v) is 4.08. The molecule has 92 valence electrons. The van der Waals surface area contributed by atoms with E-state index in [1.807, 2.05) is 13.0 Å². The molecule has 1 aliphatic carbocycles. The Morgan fingerprint density at radius 2 is 2.22 bits per heavy atom. The molecule has 2 aromatic rings. The van der Waals surface area contributed by atoms with Crippen molar-refractivity contribution in [3.05, 3.63) is 49.9 Å². The van der Waals surface area contributed by atoms with Gasteiger partial charge in [-0.25, -0.2) is 0 Å². The molecular formula is C14H12BrNOS. The molecule has 1 atom stereocenters. The van der Waals surface area contributed by atoms with Crippen molar-refractivity contribution in [1.29, 1.82) is 0 Å². The van der Waals surface area contributed by atoms with E-state index in [0.717, 1.165) is 27.0 Å². The lowest BCUT2D eigenvalue weighted by molar-refractivity contribution is 0.0962. The number of halogens is 1.